The molecule has 0 radical (unpaired) electrons. The highest BCUT2D eigenvalue weighted by Gasteiger charge is 2.36. The Hall–Kier alpha value is -4.43. The molecule has 11 nitrogen and oxygen atoms in total. The van der Waals surface area contributed by atoms with Crippen LogP contribution < -0.4 is 10.5 Å². The molecule has 1 atom stereocenters. The minimum atomic E-state index is -0.759. The standard InChI is InChI=1S/C19H11ClN6O5/c20-14-4-2-1-3-11(14)17-12(8-21)18(22)31-19-13(17)9-23-24(19)15-6-5-10(25(27)28)7-16(15)26(29)30/h1-7,9,17H,22H2. The van der Waals surface area contributed by atoms with E-state index in [1.54, 1.807) is 24.3 Å². The summed E-state index contributed by atoms with van der Waals surface area (Å²) >= 11 is 6.34. The van der Waals surface area contributed by atoms with Crippen molar-refractivity contribution in [3.8, 4) is 17.6 Å². The number of nitro benzene ring substituents is 2. The van der Waals surface area contributed by atoms with Crippen molar-refractivity contribution in [3.05, 3.63) is 96.5 Å². The quantitative estimate of drug-likeness (QED) is 0.477. The molecule has 3 aromatic rings. The molecule has 31 heavy (non-hydrogen) atoms. The maximum atomic E-state index is 11.6. The van der Waals surface area contributed by atoms with Gasteiger partial charge in [-0.2, -0.15) is 15.0 Å². The number of ether oxygens (including phenoxy) is 1. The fraction of sp³-hybridized carbons (Fsp3) is 0.0526. The minimum absolute atomic E-state index is 0.0402. The highest BCUT2D eigenvalue weighted by atomic mass is 35.5. The van der Waals surface area contributed by atoms with Gasteiger partial charge in [0.2, 0.25) is 11.8 Å². The van der Waals surface area contributed by atoms with Gasteiger partial charge in [0, 0.05) is 16.7 Å². The first-order valence-electron chi connectivity index (χ1n) is 8.66. The van der Waals surface area contributed by atoms with Gasteiger partial charge in [-0.3, -0.25) is 20.2 Å². The third-order valence-corrected chi connectivity index (χ3v) is 5.10. The van der Waals surface area contributed by atoms with Gasteiger partial charge in [0.15, 0.2) is 0 Å². The van der Waals surface area contributed by atoms with E-state index in [2.05, 4.69) is 5.10 Å². The Morgan fingerprint density at radius 2 is 1.90 bits per heavy atom. The summed E-state index contributed by atoms with van der Waals surface area (Å²) in [7, 11) is 0. The first kappa shape index (κ1) is 19.9. The summed E-state index contributed by atoms with van der Waals surface area (Å²) in [4.78, 5) is 21.1. The zero-order valence-corrected chi connectivity index (χ0v) is 16.2. The zero-order chi connectivity index (χ0) is 22.3. The zero-order valence-electron chi connectivity index (χ0n) is 15.4. The van der Waals surface area contributed by atoms with Crippen molar-refractivity contribution in [1.82, 2.24) is 9.78 Å². The van der Waals surface area contributed by atoms with Gasteiger partial charge in [0.25, 0.3) is 5.69 Å². The molecule has 0 bridgehead atoms. The first-order chi connectivity index (χ1) is 14.8. The Labute approximate surface area is 178 Å². The number of benzene rings is 2. The second-order valence-electron chi connectivity index (χ2n) is 6.45. The van der Waals surface area contributed by atoms with Crippen molar-refractivity contribution in [2.45, 2.75) is 5.92 Å². The molecule has 0 aliphatic carbocycles. The van der Waals surface area contributed by atoms with Crippen LogP contribution in [0.15, 0.2) is 60.1 Å². The average Bonchev–Trinajstić information content (AvgIpc) is 3.15. The summed E-state index contributed by atoms with van der Waals surface area (Å²) in [5, 5.41) is 36.8. The molecule has 2 heterocycles. The lowest BCUT2D eigenvalue weighted by atomic mass is 9.85. The van der Waals surface area contributed by atoms with Gasteiger partial charge in [-0.1, -0.05) is 29.8 Å². The van der Waals surface area contributed by atoms with Crippen LogP contribution in [0, 0.1) is 31.6 Å². The molecule has 1 aromatic heterocycles. The van der Waals surface area contributed by atoms with E-state index in [1.165, 1.54) is 12.3 Å². The van der Waals surface area contributed by atoms with E-state index in [9.17, 15) is 25.5 Å². The topological polar surface area (TPSA) is 163 Å². The Balaban J connectivity index is 1.94. The number of nitriles is 1. The monoisotopic (exact) mass is 438 g/mol. The first-order valence-corrected chi connectivity index (χ1v) is 9.04. The highest BCUT2D eigenvalue weighted by Crippen LogP contribution is 2.45. The number of aromatic nitrogens is 2. The van der Waals surface area contributed by atoms with E-state index >= 15 is 0 Å². The number of halogens is 1. The van der Waals surface area contributed by atoms with E-state index in [1.807, 2.05) is 6.07 Å². The van der Waals surface area contributed by atoms with Crippen LogP contribution in [0.4, 0.5) is 11.4 Å². The lowest BCUT2D eigenvalue weighted by Gasteiger charge is -2.24. The number of nitrogens with zero attached hydrogens (tertiary/aromatic N) is 5. The van der Waals surface area contributed by atoms with Gasteiger partial charge >= 0.3 is 5.69 Å². The van der Waals surface area contributed by atoms with Crippen LogP contribution in [0.3, 0.4) is 0 Å². The Kier molecular flexibility index (Phi) is 4.76. The number of rotatable bonds is 4. The van der Waals surface area contributed by atoms with E-state index in [0.29, 0.717) is 16.1 Å². The van der Waals surface area contributed by atoms with Gasteiger partial charge in [-0.15, -0.1) is 0 Å². The van der Waals surface area contributed by atoms with Gasteiger partial charge in [-0.05, 0) is 17.7 Å². The normalized spacial score (nSPS) is 15.0. The number of hydrogen-bond donors (Lipinski definition) is 1. The summed E-state index contributed by atoms with van der Waals surface area (Å²) in [5.74, 6) is -0.877. The molecule has 2 N–H and O–H groups in total. The Morgan fingerprint density at radius 1 is 1.16 bits per heavy atom. The lowest BCUT2D eigenvalue weighted by molar-refractivity contribution is -0.394. The number of fused-ring (bicyclic) bond motifs is 1. The van der Waals surface area contributed by atoms with Crippen LogP contribution in [0.2, 0.25) is 5.02 Å². The van der Waals surface area contributed by atoms with Gasteiger partial charge < -0.3 is 10.5 Å². The Bertz CT molecular complexity index is 1330. The number of allylic oxidation sites excluding steroid dienone is 1. The largest absolute Gasteiger partial charge is 0.422 e. The third kappa shape index (κ3) is 3.21. The molecule has 4 rings (SSSR count). The predicted molar refractivity (Wildman–Crippen MR) is 108 cm³/mol. The molecule has 1 aliphatic heterocycles. The second kappa shape index (κ2) is 7.43. The number of nitrogens with two attached hydrogens (primary N) is 1. The van der Waals surface area contributed by atoms with Crippen molar-refractivity contribution in [3.63, 3.8) is 0 Å². The predicted octanol–water partition coefficient (Wildman–Crippen LogP) is 3.56. The Morgan fingerprint density at radius 3 is 2.55 bits per heavy atom. The second-order valence-corrected chi connectivity index (χ2v) is 6.86. The molecule has 2 aromatic carbocycles. The summed E-state index contributed by atoms with van der Waals surface area (Å²) in [5.41, 5.74) is 6.01. The lowest BCUT2D eigenvalue weighted by Crippen LogP contribution is -2.22. The van der Waals surface area contributed by atoms with Crippen LogP contribution in [-0.2, 0) is 0 Å². The molecular weight excluding hydrogens is 428 g/mol. The molecule has 12 heteroatoms. The number of non-ortho nitro benzene ring substituents is 1. The number of hydrogen-bond acceptors (Lipinski definition) is 8. The van der Waals surface area contributed by atoms with Crippen molar-refractivity contribution < 1.29 is 14.6 Å². The summed E-state index contributed by atoms with van der Waals surface area (Å²) in [6.45, 7) is 0. The summed E-state index contributed by atoms with van der Waals surface area (Å²) < 4.78 is 6.71. The molecule has 154 valence electrons. The van der Waals surface area contributed by atoms with E-state index in [0.717, 1.165) is 16.8 Å². The molecule has 1 aliphatic rings. The van der Waals surface area contributed by atoms with Crippen molar-refractivity contribution in [2.24, 2.45) is 5.73 Å². The molecule has 0 saturated heterocycles. The van der Waals surface area contributed by atoms with E-state index < -0.39 is 27.1 Å². The van der Waals surface area contributed by atoms with Gasteiger partial charge in [-0.25, -0.2) is 0 Å². The van der Waals surface area contributed by atoms with E-state index in [-0.39, 0.29) is 23.0 Å². The average molecular weight is 439 g/mol. The molecular formula is C19H11ClN6O5. The maximum Gasteiger partial charge on any atom is 0.301 e. The SMILES string of the molecule is N#CC1=C(N)Oc2c(cnn2-c2ccc([N+](=O)[O-])cc2[N+](=O)[O-])C1c1ccccc1Cl. The molecule has 0 amide bonds. The highest BCUT2D eigenvalue weighted by molar-refractivity contribution is 6.31. The number of nitro groups is 2. The van der Waals surface area contributed by atoms with Crippen molar-refractivity contribution in [2.75, 3.05) is 0 Å². The minimum Gasteiger partial charge on any atom is -0.422 e. The fourth-order valence-corrected chi connectivity index (χ4v) is 3.63. The van der Waals surface area contributed by atoms with Crippen LogP contribution in [0.25, 0.3) is 5.69 Å². The summed E-state index contributed by atoms with van der Waals surface area (Å²) in [6, 6.07) is 12.0. The smallest absolute Gasteiger partial charge is 0.301 e. The fourth-order valence-electron chi connectivity index (χ4n) is 3.38. The molecule has 1 unspecified atom stereocenters. The van der Waals surface area contributed by atoms with Crippen LogP contribution in [-0.4, -0.2) is 19.6 Å². The van der Waals surface area contributed by atoms with Gasteiger partial charge in [0.1, 0.15) is 17.3 Å². The maximum absolute atomic E-state index is 11.6. The molecule has 0 saturated carbocycles. The molecule has 0 fully saturated rings. The third-order valence-electron chi connectivity index (χ3n) is 4.75. The van der Waals surface area contributed by atoms with Gasteiger partial charge in [0.05, 0.1) is 28.0 Å². The molecule has 0 spiro atoms. The van der Waals surface area contributed by atoms with Crippen molar-refractivity contribution in [1.29, 1.82) is 5.26 Å². The van der Waals surface area contributed by atoms with Crippen LogP contribution >= 0.6 is 11.6 Å². The van der Waals surface area contributed by atoms with Crippen molar-refractivity contribution >= 4 is 23.0 Å². The van der Waals surface area contributed by atoms with Crippen LogP contribution in [0.5, 0.6) is 5.88 Å². The van der Waals surface area contributed by atoms with E-state index in [4.69, 9.17) is 22.1 Å². The summed E-state index contributed by atoms with van der Waals surface area (Å²) in [6.07, 6.45) is 1.39. The van der Waals surface area contributed by atoms with Crippen LogP contribution in [0.1, 0.15) is 17.0 Å².